The molecule has 94 valence electrons. The summed E-state index contributed by atoms with van der Waals surface area (Å²) in [7, 11) is 0. The van der Waals surface area contributed by atoms with Crippen LogP contribution in [0.15, 0.2) is 6.07 Å². The van der Waals surface area contributed by atoms with Gasteiger partial charge in [-0.15, -0.1) is 0 Å². The molecule has 3 N–H and O–H groups in total. The van der Waals surface area contributed by atoms with Crippen molar-refractivity contribution in [3.8, 4) is 0 Å². The van der Waals surface area contributed by atoms with E-state index in [4.69, 9.17) is 28.9 Å². The van der Waals surface area contributed by atoms with Crippen molar-refractivity contribution in [1.82, 2.24) is 9.88 Å². The smallest absolute Gasteiger partial charge is 0.270 e. The van der Waals surface area contributed by atoms with E-state index in [0.717, 1.165) is 12.8 Å². The van der Waals surface area contributed by atoms with Gasteiger partial charge >= 0.3 is 0 Å². The minimum atomic E-state index is -0.0711. The Bertz CT molecular complexity index is 413. The Morgan fingerprint density at radius 2 is 2.29 bits per heavy atom. The number of carbonyl (C=O) groups excluding carboxylic acids is 1. The summed E-state index contributed by atoms with van der Waals surface area (Å²) in [5.74, 6) is -0.0711. The summed E-state index contributed by atoms with van der Waals surface area (Å²) in [6.45, 7) is 2.68. The van der Waals surface area contributed by atoms with Crippen molar-refractivity contribution in [3.05, 3.63) is 21.9 Å². The number of hydrogen-bond acceptors (Lipinski definition) is 2. The second kappa shape index (κ2) is 4.88. The third kappa shape index (κ3) is 2.59. The van der Waals surface area contributed by atoms with Crippen LogP contribution in [0.25, 0.3) is 0 Å². The molecular weight excluding hydrogens is 261 g/mol. The number of nitrogens with one attached hydrogen (secondary N) is 1. The van der Waals surface area contributed by atoms with E-state index >= 15 is 0 Å². The molecule has 1 aliphatic rings. The fraction of sp³-hybridized carbons (Fsp3) is 0.545. The van der Waals surface area contributed by atoms with Crippen LogP contribution in [0.2, 0.25) is 10.2 Å². The maximum absolute atomic E-state index is 12.2. The Morgan fingerprint density at radius 3 is 2.82 bits per heavy atom. The Morgan fingerprint density at radius 1 is 1.59 bits per heavy atom. The molecule has 1 aromatic heterocycles. The molecule has 4 nitrogen and oxygen atoms in total. The zero-order chi connectivity index (χ0) is 12.6. The number of nitrogens with zero attached hydrogens (tertiary/aromatic N) is 1. The Labute approximate surface area is 110 Å². The summed E-state index contributed by atoms with van der Waals surface area (Å²) in [5, 5.41) is 0.674. The molecule has 1 amide bonds. The summed E-state index contributed by atoms with van der Waals surface area (Å²) in [4.78, 5) is 16.8. The van der Waals surface area contributed by atoms with Crippen molar-refractivity contribution >= 4 is 29.1 Å². The second-order valence-corrected chi connectivity index (χ2v) is 5.26. The van der Waals surface area contributed by atoms with Crippen LogP contribution < -0.4 is 5.73 Å². The highest BCUT2D eigenvalue weighted by molar-refractivity contribution is 6.41. The Kier molecular flexibility index (Phi) is 3.66. The lowest BCUT2D eigenvalue weighted by Gasteiger charge is -2.36. The lowest BCUT2D eigenvalue weighted by molar-refractivity contribution is 0.0613. The molecule has 1 fully saturated rings. The largest absolute Gasteiger partial charge is 0.340 e. The lowest BCUT2D eigenvalue weighted by Crippen LogP contribution is -2.48. The standard InChI is InChI=1S/C11H15Cl2N3O/c1-6-4-7(14)2-3-16(6)11(17)9-5-8(12)10(13)15-9/h5-7,15H,2-4,14H2,1H3/t6-,7-/m0/s1. The van der Waals surface area contributed by atoms with Gasteiger partial charge in [-0.1, -0.05) is 23.2 Å². The zero-order valence-corrected chi connectivity index (χ0v) is 11.1. The van der Waals surface area contributed by atoms with Gasteiger partial charge < -0.3 is 15.6 Å². The van der Waals surface area contributed by atoms with Gasteiger partial charge in [-0.2, -0.15) is 0 Å². The SMILES string of the molecule is C[C@H]1C[C@@H](N)CCN1C(=O)c1cc(Cl)c(Cl)[nH]1. The van der Waals surface area contributed by atoms with Crippen LogP contribution in [0.3, 0.4) is 0 Å². The number of H-pyrrole nitrogens is 1. The Hall–Kier alpha value is -0.710. The number of amides is 1. The van der Waals surface area contributed by atoms with Crippen LogP contribution in [-0.4, -0.2) is 34.4 Å². The number of rotatable bonds is 1. The van der Waals surface area contributed by atoms with E-state index in [1.54, 1.807) is 6.07 Å². The molecule has 2 atom stereocenters. The van der Waals surface area contributed by atoms with Gasteiger partial charge in [0.15, 0.2) is 0 Å². The number of nitrogens with two attached hydrogens (primary N) is 1. The van der Waals surface area contributed by atoms with Gasteiger partial charge in [-0.3, -0.25) is 4.79 Å². The molecule has 1 aliphatic heterocycles. The summed E-state index contributed by atoms with van der Waals surface area (Å²) in [6, 6.07) is 1.89. The molecule has 0 bridgehead atoms. The third-order valence-electron chi connectivity index (χ3n) is 3.13. The number of aromatic nitrogens is 1. The summed E-state index contributed by atoms with van der Waals surface area (Å²) >= 11 is 11.6. The van der Waals surface area contributed by atoms with E-state index in [1.807, 2.05) is 11.8 Å². The average molecular weight is 276 g/mol. The fourth-order valence-electron chi connectivity index (χ4n) is 2.18. The highest BCUT2D eigenvalue weighted by Gasteiger charge is 2.28. The van der Waals surface area contributed by atoms with Gasteiger partial charge in [0.2, 0.25) is 0 Å². The molecule has 6 heteroatoms. The first-order valence-corrected chi connectivity index (χ1v) is 6.35. The molecule has 1 saturated heterocycles. The topological polar surface area (TPSA) is 62.1 Å². The first kappa shape index (κ1) is 12.7. The molecule has 0 radical (unpaired) electrons. The monoisotopic (exact) mass is 275 g/mol. The van der Waals surface area contributed by atoms with Gasteiger partial charge in [0.05, 0.1) is 5.02 Å². The predicted molar refractivity (Wildman–Crippen MR) is 68.5 cm³/mol. The van der Waals surface area contributed by atoms with Gasteiger partial charge in [0, 0.05) is 18.6 Å². The summed E-state index contributed by atoms with van der Waals surface area (Å²) in [6.07, 6.45) is 1.66. The number of aromatic amines is 1. The molecule has 2 heterocycles. The molecule has 0 spiro atoms. The molecule has 17 heavy (non-hydrogen) atoms. The fourth-order valence-corrected chi connectivity index (χ4v) is 2.50. The predicted octanol–water partition coefficient (Wildman–Crippen LogP) is 2.27. The minimum absolute atomic E-state index is 0.0711. The van der Waals surface area contributed by atoms with Crippen LogP contribution in [0.1, 0.15) is 30.3 Å². The van der Waals surface area contributed by atoms with Crippen LogP contribution >= 0.6 is 23.2 Å². The molecule has 1 aromatic rings. The third-order valence-corrected chi connectivity index (χ3v) is 3.83. The molecule has 0 aromatic carbocycles. The molecule has 2 rings (SSSR count). The van der Waals surface area contributed by atoms with Gasteiger partial charge in [-0.05, 0) is 25.8 Å². The van der Waals surface area contributed by atoms with E-state index in [-0.39, 0.29) is 18.0 Å². The quantitative estimate of drug-likeness (QED) is 0.826. The Balaban J connectivity index is 2.14. The van der Waals surface area contributed by atoms with E-state index in [9.17, 15) is 4.79 Å². The highest BCUT2D eigenvalue weighted by Crippen LogP contribution is 2.24. The van der Waals surface area contributed by atoms with Crippen molar-refractivity contribution in [2.75, 3.05) is 6.54 Å². The lowest BCUT2D eigenvalue weighted by atomic mass is 9.99. The van der Waals surface area contributed by atoms with Crippen molar-refractivity contribution in [2.45, 2.75) is 31.8 Å². The number of carbonyl (C=O) groups is 1. The molecule has 0 aliphatic carbocycles. The van der Waals surface area contributed by atoms with E-state index in [2.05, 4.69) is 4.98 Å². The van der Waals surface area contributed by atoms with Crippen LogP contribution in [-0.2, 0) is 0 Å². The highest BCUT2D eigenvalue weighted by atomic mass is 35.5. The summed E-state index contributed by atoms with van der Waals surface area (Å²) in [5.41, 5.74) is 6.30. The zero-order valence-electron chi connectivity index (χ0n) is 9.54. The molecule has 0 saturated carbocycles. The van der Waals surface area contributed by atoms with Crippen LogP contribution in [0, 0.1) is 0 Å². The second-order valence-electron chi connectivity index (χ2n) is 4.48. The van der Waals surface area contributed by atoms with E-state index in [1.165, 1.54) is 0 Å². The minimum Gasteiger partial charge on any atom is -0.340 e. The average Bonchev–Trinajstić information content (AvgIpc) is 2.58. The van der Waals surface area contributed by atoms with Crippen molar-refractivity contribution in [2.24, 2.45) is 5.73 Å². The van der Waals surface area contributed by atoms with Gasteiger partial charge in [-0.25, -0.2) is 0 Å². The van der Waals surface area contributed by atoms with Crippen molar-refractivity contribution < 1.29 is 4.79 Å². The van der Waals surface area contributed by atoms with Gasteiger partial charge in [0.1, 0.15) is 10.8 Å². The number of piperidine rings is 1. The number of halogens is 2. The molecule has 0 unspecified atom stereocenters. The van der Waals surface area contributed by atoms with Crippen molar-refractivity contribution in [3.63, 3.8) is 0 Å². The van der Waals surface area contributed by atoms with E-state index < -0.39 is 0 Å². The van der Waals surface area contributed by atoms with Crippen LogP contribution in [0.4, 0.5) is 0 Å². The summed E-state index contributed by atoms with van der Waals surface area (Å²) < 4.78 is 0. The maximum atomic E-state index is 12.2. The van der Waals surface area contributed by atoms with E-state index in [0.29, 0.717) is 22.4 Å². The number of hydrogen-bond donors (Lipinski definition) is 2. The normalized spacial score (nSPS) is 25.1. The first-order chi connectivity index (χ1) is 7.99. The first-order valence-electron chi connectivity index (χ1n) is 5.59. The van der Waals surface area contributed by atoms with Gasteiger partial charge in [0.25, 0.3) is 5.91 Å². The van der Waals surface area contributed by atoms with Crippen LogP contribution in [0.5, 0.6) is 0 Å². The van der Waals surface area contributed by atoms with Crippen molar-refractivity contribution in [1.29, 1.82) is 0 Å². The number of likely N-dealkylation sites (tertiary alicyclic amines) is 1. The maximum Gasteiger partial charge on any atom is 0.270 e. The molecular formula is C11H15Cl2N3O.